The van der Waals surface area contributed by atoms with E-state index in [0.29, 0.717) is 5.92 Å². The first-order valence-corrected chi connectivity index (χ1v) is 6.81. The third-order valence-corrected chi connectivity index (χ3v) is 3.69. The molecule has 0 radical (unpaired) electrons. The van der Waals surface area contributed by atoms with Crippen molar-refractivity contribution in [3.63, 3.8) is 0 Å². The molecule has 0 saturated heterocycles. The van der Waals surface area contributed by atoms with Gasteiger partial charge in [0, 0.05) is 19.0 Å². The van der Waals surface area contributed by atoms with Crippen LogP contribution in [0.2, 0.25) is 5.02 Å². The lowest BCUT2D eigenvalue weighted by Crippen LogP contribution is -2.30. The maximum Gasteiger partial charge on any atom is 0.111 e. The standard InChI is InChI=1S/C14H20ClN3/c1-4-18-13(8-11(16)9(2)3)17-12-7-5-6-10(15)14(12)18/h5-7,9,11H,4,8,16H2,1-3H3. The van der Waals surface area contributed by atoms with Crippen molar-refractivity contribution >= 4 is 22.6 Å². The summed E-state index contributed by atoms with van der Waals surface area (Å²) in [5, 5.41) is 0.756. The number of benzene rings is 1. The summed E-state index contributed by atoms with van der Waals surface area (Å²) >= 11 is 6.26. The second-order valence-electron chi connectivity index (χ2n) is 4.99. The van der Waals surface area contributed by atoms with Gasteiger partial charge >= 0.3 is 0 Å². The molecule has 98 valence electrons. The normalized spacial score (nSPS) is 13.4. The first-order chi connectivity index (χ1) is 8.54. The van der Waals surface area contributed by atoms with Crippen LogP contribution in [-0.2, 0) is 13.0 Å². The average molecular weight is 266 g/mol. The second-order valence-corrected chi connectivity index (χ2v) is 5.40. The highest BCUT2D eigenvalue weighted by molar-refractivity contribution is 6.35. The van der Waals surface area contributed by atoms with Gasteiger partial charge in [-0.2, -0.15) is 0 Å². The van der Waals surface area contributed by atoms with Gasteiger partial charge in [0.15, 0.2) is 0 Å². The van der Waals surface area contributed by atoms with Crippen molar-refractivity contribution in [2.75, 3.05) is 0 Å². The predicted molar refractivity (Wildman–Crippen MR) is 76.9 cm³/mol. The Morgan fingerprint density at radius 2 is 2.11 bits per heavy atom. The topological polar surface area (TPSA) is 43.8 Å². The van der Waals surface area contributed by atoms with Gasteiger partial charge in [-0.05, 0) is 25.0 Å². The van der Waals surface area contributed by atoms with Crippen LogP contribution in [0.3, 0.4) is 0 Å². The van der Waals surface area contributed by atoms with Crippen molar-refractivity contribution in [2.24, 2.45) is 11.7 Å². The quantitative estimate of drug-likeness (QED) is 0.922. The van der Waals surface area contributed by atoms with Gasteiger partial charge in [-0.15, -0.1) is 0 Å². The third kappa shape index (κ3) is 2.38. The fourth-order valence-corrected chi connectivity index (χ4v) is 2.40. The van der Waals surface area contributed by atoms with Crippen molar-refractivity contribution in [1.82, 2.24) is 9.55 Å². The maximum atomic E-state index is 6.26. The van der Waals surface area contributed by atoms with E-state index in [4.69, 9.17) is 17.3 Å². The van der Waals surface area contributed by atoms with E-state index in [1.807, 2.05) is 18.2 Å². The highest BCUT2D eigenvalue weighted by atomic mass is 35.5. The van der Waals surface area contributed by atoms with Crippen LogP contribution in [-0.4, -0.2) is 15.6 Å². The molecule has 2 rings (SSSR count). The Morgan fingerprint density at radius 3 is 2.72 bits per heavy atom. The zero-order chi connectivity index (χ0) is 13.3. The molecule has 1 aromatic heterocycles. The van der Waals surface area contributed by atoms with Gasteiger partial charge in [0.2, 0.25) is 0 Å². The van der Waals surface area contributed by atoms with Gasteiger partial charge < -0.3 is 10.3 Å². The molecule has 18 heavy (non-hydrogen) atoms. The monoisotopic (exact) mass is 265 g/mol. The van der Waals surface area contributed by atoms with Gasteiger partial charge in [0.05, 0.1) is 16.1 Å². The van der Waals surface area contributed by atoms with Crippen LogP contribution in [0.1, 0.15) is 26.6 Å². The molecule has 0 spiro atoms. The Hall–Kier alpha value is -1.06. The fourth-order valence-electron chi connectivity index (χ4n) is 2.13. The van der Waals surface area contributed by atoms with E-state index in [1.165, 1.54) is 0 Å². The summed E-state index contributed by atoms with van der Waals surface area (Å²) in [4.78, 5) is 4.67. The lowest BCUT2D eigenvalue weighted by atomic mass is 10.0. The Bertz CT molecular complexity index is 545. The number of rotatable bonds is 4. The second kappa shape index (κ2) is 5.29. The largest absolute Gasteiger partial charge is 0.327 e. The number of hydrogen-bond acceptors (Lipinski definition) is 2. The molecule has 1 aromatic carbocycles. The van der Waals surface area contributed by atoms with Crippen molar-refractivity contribution in [2.45, 2.75) is 39.8 Å². The molecule has 0 amide bonds. The summed E-state index contributed by atoms with van der Waals surface area (Å²) in [5.41, 5.74) is 8.12. The molecule has 0 aliphatic heterocycles. The number of hydrogen-bond donors (Lipinski definition) is 1. The summed E-state index contributed by atoms with van der Waals surface area (Å²) in [6.07, 6.45) is 0.788. The van der Waals surface area contributed by atoms with Crippen molar-refractivity contribution in [3.05, 3.63) is 29.0 Å². The van der Waals surface area contributed by atoms with Crippen LogP contribution in [0, 0.1) is 5.92 Å². The minimum absolute atomic E-state index is 0.130. The fraction of sp³-hybridized carbons (Fsp3) is 0.500. The molecule has 2 aromatic rings. The van der Waals surface area contributed by atoms with Gasteiger partial charge in [-0.1, -0.05) is 31.5 Å². The first kappa shape index (κ1) is 13.4. The number of aromatic nitrogens is 2. The summed E-state index contributed by atoms with van der Waals surface area (Å²) < 4.78 is 2.17. The van der Waals surface area contributed by atoms with Crippen molar-refractivity contribution in [1.29, 1.82) is 0 Å². The summed E-state index contributed by atoms with van der Waals surface area (Å²) in [6.45, 7) is 7.24. The van der Waals surface area contributed by atoms with Crippen LogP contribution >= 0.6 is 11.6 Å². The Balaban J connectivity index is 2.48. The molecule has 0 bridgehead atoms. The number of halogens is 1. The first-order valence-electron chi connectivity index (χ1n) is 6.43. The van der Waals surface area contributed by atoms with E-state index in [1.54, 1.807) is 0 Å². The lowest BCUT2D eigenvalue weighted by molar-refractivity contribution is 0.474. The number of nitrogens with two attached hydrogens (primary N) is 1. The van der Waals surface area contributed by atoms with E-state index < -0.39 is 0 Å². The van der Waals surface area contributed by atoms with Crippen LogP contribution in [0.4, 0.5) is 0 Å². The molecular formula is C14H20ClN3. The number of fused-ring (bicyclic) bond motifs is 1. The Morgan fingerprint density at radius 1 is 1.39 bits per heavy atom. The van der Waals surface area contributed by atoms with E-state index in [-0.39, 0.29) is 6.04 Å². The van der Waals surface area contributed by atoms with Gasteiger partial charge in [0.25, 0.3) is 0 Å². The van der Waals surface area contributed by atoms with Crippen LogP contribution in [0.15, 0.2) is 18.2 Å². The Kier molecular flexibility index (Phi) is 3.93. The van der Waals surface area contributed by atoms with Gasteiger partial charge in [-0.3, -0.25) is 0 Å². The lowest BCUT2D eigenvalue weighted by Gasteiger charge is -2.15. The van der Waals surface area contributed by atoms with Gasteiger partial charge in [0.1, 0.15) is 5.82 Å². The van der Waals surface area contributed by atoms with Crippen molar-refractivity contribution in [3.8, 4) is 0 Å². The molecule has 1 heterocycles. The summed E-state index contributed by atoms with van der Waals surface area (Å²) in [7, 11) is 0. The zero-order valence-electron chi connectivity index (χ0n) is 11.2. The molecule has 3 nitrogen and oxygen atoms in total. The zero-order valence-corrected chi connectivity index (χ0v) is 11.9. The van der Waals surface area contributed by atoms with E-state index in [2.05, 4.69) is 30.3 Å². The molecule has 0 fully saturated rings. The minimum Gasteiger partial charge on any atom is -0.327 e. The molecule has 1 atom stereocenters. The van der Waals surface area contributed by atoms with E-state index in [0.717, 1.165) is 34.8 Å². The van der Waals surface area contributed by atoms with E-state index >= 15 is 0 Å². The highest BCUT2D eigenvalue weighted by Gasteiger charge is 2.16. The number of aryl methyl sites for hydroxylation is 1. The molecule has 0 aliphatic carbocycles. The smallest absolute Gasteiger partial charge is 0.111 e. The van der Waals surface area contributed by atoms with Crippen LogP contribution in [0.5, 0.6) is 0 Å². The third-order valence-electron chi connectivity index (χ3n) is 3.39. The number of nitrogens with zero attached hydrogens (tertiary/aromatic N) is 2. The van der Waals surface area contributed by atoms with E-state index in [9.17, 15) is 0 Å². The number of imidazole rings is 1. The predicted octanol–water partition coefficient (Wildman–Crippen LogP) is 3.24. The average Bonchev–Trinajstić information content (AvgIpc) is 2.67. The molecule has 2 N–H and O–H groups in total. The molecule has 0 saturated carbocycles. The minimum atomic E-state index is 0.130. The SMILES string of the molecule is CCn1c(CC(N)C(C)C)nc2cccc(Cl)c21. The maximum absolute atomic E-state index is 6.26. The molecule has 1 unspecified atom stereocenters. The molecule has 4 heteroatoms. The Labute approximate surface area is 113 Å². The highest BCUT2D eigenvalue weighted by Crippen LogP contribution is 2.25. The summed E-state index contributed by atoms with van der Waals surface area (Å²) in [5.74, 6) is 1.48. The van der Waals surface area contributed by atoms with Crippen molar-refractivity contribution < 1.29 is 0 Å². The van der Waals surface area contributed by atoms with Crippen LogP contribution < -0.4 is 5.73 Å². The molecular weight excluding hydrogens is 246 g/mol. The van der Waals surface area contributed by atoms with Crippen LogP contribution in [0.25, 0.3) is 11.0 Å². The van der Waals surface area contributed by atoms with Gasteiger partial charge in [-0.25, -0.2) is 4.98 Å². The summed E-state index contributed by atoms with van der Waals surface area (Å²) in [6, 6.07) is 5.97. The molecule has 0 aliphatic rings. The number of para-hydroxylation sites is 1.